The molecule has 0 amide bonds. The summed E-state index contributed by atoms with van der Waals surface area (Å²) in [6.07, 6.45) is 0. The van der Waals surface area contributed by atoms with Gasteiger partial charge in [0.25, 0.3) is 6.73 Å². The Hall–Kier alpha value is -0.120. The molecule has 2 N–H and O–H groups in total. The summed E-state index contributed by atoms with van der Waals surface area (Å²) >= 11 is 0. The van der Waals surface area contributed by atoms with Crippen molar-refractivity contribution < 1.29 is 15.0 Å². The van der Waals surface area contributed by atoms with Crippen molar-refractivity contribution in [3.63, 3.8) is 0 Å². The van der Waals surface area contributed by atoms with Crippen molar-refractivity contribution >= 4 is 0 Å². The van der Waals surface area contributed by atoms with Crippen molar-refractivity contribution in [1.82, 2.24) is 0 Å². The third kappa shape index (κ3) is 0.576. The van der Waals surface area contributed by atoms with E-state index in [1.807, 2.05) is 0 Å². The van der Waals surface area contributed by atoms with Gasteiger partial charge in [-0.2, -0.15) is 0 Å². The first-order valence-electron chi connectivity index (χ1n) is 1.52. The van der Waals surface area contributed by atoms with Gasteiger partial charge in [0, 0.05) is 0 Å². The summed E-state index contributed by atoms with van der Waals surface area (Å²) < 4.78 is 0. The lowest BCUT2D eigenvalue weighted by molar-refractivity contribution is -0.905. The first-order valence-corrected chi connectivity index (χ1v) is 1.52. The zero-order valence-corrected chi connectivity index (χ0v) is 2.77. The lowest BCUT2D eigenvalue weighted by Crippen LogP contribution is -2.91. The zero-order valence-electron chi connectivity index (χ0n) is 2.77. The average Bonchev–Trinajstić information content (AvgIpc) is 2.12. The van der Waals surface area contributed by atoms with Crippen LogP contribution in [0.25, 0.3) is 0 Å². The molecule has 0 aromatic heterocycles. The summed E-state index contributed by atoms with van der Waals surface area (Å²) in [7, 11) is 0. The second-order valence-corrected chi connectivity index (χ2v) is 0.985. The molecule has 1 heterocycles. The van der Waals surface area contributed by atoms with Gasteiger partial charge in [0.15, 0.2) is 0 Å². The van der Waals surface area contributed by atoms with Gasteiger partial charge in [0.1, 0.15) is 0 Å². The van der Waals surface area contributed by atoms with Crippen molar-refractivity contribution in [2.75, 3.05) is 13.5 Å². The van der Waals surface area contributed by atoms with Crippen molar-refractivity contribution in [3.8, 4) is 0 Å². The van der Waals surface area contributed by atoms with Crippen molar-refractivity contribution in [2.24, 2.45) is 0 Å². The number of aliphatic hydroxyl groups excluding tert-OH is 1. The van der Waals surface area contributed by atoms with Crippen LogP contribution in [0.15, 0.2) is 0 Å². The SMILES string of the molecule is OC[NH+]1CO1. The van der Waals surface area contributed by atoms with Crippen LogP contribution >= 0.6 is 0 Å². The minimum Gasteiger partial charge on any atom is -0.345 e. The average molecular weight is 76.1 g/mol. The molecule has 3 heteroatoms. The Morgan fingerprint density at radius 2 is 2.60 bits per heavy atom. The van der Waals surface area contributed by atoms with Crippen molar-refractivity contribution in [2.45, 2.75) is 0 Å². The number of rotatable bonds is 1. The van der Waals surface area contributed by atoms with Crippen LogP contribution in [0.5, 0.6) is 0 Å². The highest BCUT2D eigenvalue weighted by Gasteiger charge is 2.23. The fraction of sp³-hybridized carbons (Fsp3) is 1.00. The molecule has 0 radical (unpaired) electrons. The van der Waals surface area contributed by atoms with Gasteiger partial charge in [0.2, 0.25) is 6.73 Å². The predicted octanol–water partition coefficient (Wildman–Crippen LogP) is -2.28. The Balaban J connectivity index is 2.00. The van der Waals surface area contributed by atoms with E-state index in [1.54, 1.807) is 0 Å². The van der Waals surface area contributed by atoms with Gasteiger partial charge in [-0.25, -0.2) is 0 Å². The third-order valence-electron chi connectivity index (χ3n) is 0.525. The maximum atomic E-state index is 8.04. The van der Waals surface area contributed by atoms with Gasteiger partial charge in [-0.05, 0) is 0 Å². The van der Waals surface area contributed by atoms with Gasteiger partial charge >= 0.3 is 0 Å². The topological polar surface area (TPSA) is 37.2 Å². The van der Waals surface area contributed by atoms with E-state index in [9.17, 15) is 0 Å². The van der Waals surface area contributed by atoms with Gasteiger partial charge in [-0.3, -0.25) is 0 Å². The molecule has 1 atom stereocenters. The van der Waals surface area contributed by atoms with Crippen LogP contribution in [0.2, 0.25) is 0 Å². The molecule has 1 rings (SSSR count). The van der Waals surface area contributed by atoms with Crippen LogP contribution in [-0.4, -0.2) is 18.6 Å². The molecule has 0 saturated carbocycles. The molecule has 1 aliphatic heterocycles. The highest BCUT2D eigenvalue weighted by atomic mass is 16.8. The number of aliphatic hydroxyl groups is 1. The molecule has 0 bridgehead atoms. The Bertz CT molecular complexity index is 34.6. The molecule has 1 unspecified atom stereocenters. The van der Waals surface area contributed by atoms with Gasteiger partial charge in [-0.15, -0.1) is 9.90 Å². The molecule has 0 aromatic rings. The second kappa shape index (κ2) is 0.931. The van der Waals surface area contributed by atoms with Crippen LogP contribution in [0.1, 0.15) is 0 Å². The Morgan fingerprint density at radius 1 is 2.00 bits per heavy atom. The molecule has 1 fully saturated rings. The largest absolute Gasteiger partial charge is 0.345 e. The summed E-state index contributed by atoms with van der Waals surface area (Å²) in [4.78, 5) is 4.52. The lowest BCUT2D eigenvalue weighted by Gasteiger charge is -1.71. The van der Waals surface area contributed by atoms with Gasteiger partial charge in [-0.1, -0.05) is 0 Å². The molecule has 1 aliphatic rings. The Kier molecular flexibility index (Phi) is 0.574. The molecule has 30 valence electrons. The number of quaternary nitrogens is 1. The highest BCUT2D eigenvalue weighted by Crippen LogP contribution is 1.59. The zero-order chi connectivity index (χ0) is 3.70. The molecule has 0 aliphatic carbocycles. The number of hydroxylamine groups is 2. The predicted molar refractivity (Wildman–Crippen MR) is 14.0 cm³/mol. The molecule has 0 aromatic carbocycles. The number of hydrogen-bond donors (Lipinski definition) is 2. The first-order chi connectivity index (χ1) is 2.43. The van der Waals surface area contributed by atoms with E-state index in [0.29, 0.717) is 6.73 Å². The smallest absolute Gasteiger partial charge is 0.265 e. The maximum absolute atomic E-state index is 8.04. The fourth-order valence-corrected chi connectivity index (χ4v) is 0.142. The fourth-order valence-electron chi connectivity index (χ4n) is 0.142. The Labute approximate surface area is 29.7 Å². The highest BCUT2D eigenvalue weighted by molar-refractivity contribution is 3.90. The molecule has 5 heavy (non-hydrogen) atoms. The van der Waals surface area contributed by atoms with Crippen molar-refractivity contribution in [3.05, 3.63) is 0 Å². The van der Waals surface area contributed by atoms with Gasteiger partial charge in [0.05, 0.1) is 0 Å². The lowest BCUT2D eigenvalue weighted by atomic mass is 11.2. The van der Waals surface area contributed by atoms with E-state index in [0.717, 1.165) is 5.06 Å². The second-order valence-electron chi connectivity index (χ2n) is 0.985. The van der Waals surface area contributed by atoms with Crippen LogP contribution in [0, 0.1) is 0 Å². The van der Waals surface area contributed by atoms with Gasteiger partial charge < -0.3 is 5.11 Å². The summed E-state index contributed by atoms with van der Waals surface area (Å²) in [6, 6.07) is 0. The molecule has 1 saturated heterocycles. The maximum Gasteiger partial charge on any atom is 0.265 e. The standard InChI is InChI=1S/C2H5NO2/c4-1-3-2-5-3/h4H,1-2H2/p+1. The molecular formula is C2H6NO2+. The van der Waals surface area contributed by atoms with Crippen LogP contribution < -0.4 is 5.06 Å². The van der Waals surface area contributed by atoms with E-state index in [1.165, 1.54) is 0 Å². The minimum atomic E-state index is 0.111. The van der Waals surface area contributed by atoms with E-state index in [-0.39, 0.29) is 6.73 Å². The monoisotopic (exact) mass is 76.0 g/mol. The summed E-state index contributed by atoms with van der Waals surface area (Å²) in [5.41, 5.74) is 0. The van der Waals surface area contributed by atoms with E-state index < -0.39 is 0 Å². The third-order valence-corrected chi connectivity index (χ3v) is 0.525. The summed E-state index contributed by atoms with van der Waals surface area (Å²) in [5, 5.41) is 8.85. The van der Waals surface area contributed by atoms with Crippen LogP contribution in [0.3, 0.4) is 0 Å². The van der Waals surface area contributed by atoms with E-state index in [4.69, 9.17) is 5.11 Å². The minimum absolute atomic E-state index is 0.111. The normalized spacial score (nSPS) is 34.2. The summed E-state index contributed by atoms with van der Waals surface area (Å²) in [5.74, 6) is 0. The molecule has 0 spiro atoms. The summed E-state index contributed by atoms with van der Waals surface area (Å²) in [6.45, 7) is 0.788. The number of nitrogens with one attached hydrogen (secondary N) is 1. The first kappa shape index (κ1) is 3.08. The van der Waals surface area contributed by atoms with E-state index in [2.05, 4.69) is 4.84 Å². The Morgan fingerprint density at radius 3 is 2.60 bits per heavy atom. The quantitative estimate of drug-likeness (QED) is 0.345. The molecular weight excluding hydrogens is 70.0 g/mol. The number of hydrogen-bond acceptors (Lipinski definition) is 2. The van der Waals surface area contributed by atoms with E-state index >= 15 is 0 Å². The van der Waals surface area contributed by atoms with Crippen molar-refractivity contribution in [1.29, 1.82) is 0 Å². The van der Waals surface area contributed by atoms with Crippen LogP contribution in [0.4, 0.5) is 0 Å². The van der Waals surface area contributed by atoms with Crippen LogP contribution in [-0.2, 0) is 4.84 Å². The molecule has 3 nitrogen and oxygen atoms in total.